The number of hydrogen-bond donors (Lipinski definition) is 0. The summed E-state index contributed by atoms with van der Waals surface area (Å²) >= 11 is 7.07. The van der Waals surface area contributed by atoms with Crippen molar-refractivity contribution in [2.24, 2.45) is 0 Å². The summed E-state index contributed by atoms with van der Waals surface area (Å²) in [5.41, 5.74) is 24.0. The summed E-state index contributed by atoms with van der Waals surface area (Å²) in [4.78, 5) is 5.08. The van der Waals surface area contributed by atoms with Crippen LogP contribution in [0.4, 0.5) is 34.1 Å². The third-order valence-corrected chi connectivity index (χ3v) is 16.6. The predicted molar refractivity (Wildman–Crippen MR) is 330 cm³/mol. The lowest BCUT2D eigenvalue weighted by atomic mass is 9.33. The second-order valence-electron chi connectivity index (χ2n) is 20.6. The van der Waals surface area contributed by atoms with Crippen LogP contribution < -0.4 is 26.2 Å². The number of fused-ring (bicyclic) bond motifs is 10. The van der Waals surface area contributed by atoms with E-state index in [1.165, 1.54) is 71.1 Å². The van der Waals surface area contributed by atoms with E-state index >= 15 is 0 Å². The molecule has 14 aromatic rings. The molecule has 4 heterocycles. The second kappa shape index (κ2) is 17.6. The first-order valence-electron chi connectivity index (χ1n) is 26.7. The van der Waals surface area contributed by atoms with Gasteiger partial charge >= 0.3 is 0 Å². The molecule has 0 radical (unpaired) electrons. The number of aromatic nitrogens is 2. The van der Waals surface area contributed by atoms with Crippen molar-refractivity contribution in [2.75, 3.05) is 9.80 Å². The summed E-state index contributed by atoms with van der Waals surface area (Å²) < 4.78 is 4.89. The molecule has 78 heavy (non-hydrogen) atoms. The Morgan fingerprint density at radius 1 is 0.269 bits per heavy atom. The molecule has 12 aromatic carbocycles. The minimum atomic E-state index is -0.146. The highest BCUT2D eigenvalue weighted by Gasteiger charge is 2.44. The minimum Gasteiger partial charge on any atom is -0.311 e. The minimum absolute atomic E-state index is 0.146. The maximum absolute atomic E-state index is 7.07. The van der Waals surface area contributed by atoms with Crippen LogP contribution in [0.1, 0.15) is 0 Å². The monoisotopic (exact) mass is 1010 g/mol. The zero-order valence-electron chi connectivity index (χ0n) is 42.3. The van der Waals surface area contributed by atoms with Crippen LogP contribution in [-0.4, -0.2) is 15.8 Å². The standard InChI is InChI=1S/C72H46BClN4/c74-52-34-41-67(60(44-52)50-22-8-3-9-23-50)78-69-46-55(77-65-30-16-12-26-58(65)59-27-13-17-31-66(59)77)38-40-62(69)73-61-39-37-54(76-63-28-14-10-24-56(63)57-25-11-15-29-64(57)76)45-68(61)75(53-35-32-49(33-36-53)47-18-4-1-5-19-47)70-42-51(43-71(78)72(70)73)48-20-6-2-7-21-48/h1-46H. The first-order valence-corrected chi connectivity index (χ1v) is 27.1. The van der Waals surface area contributed by atoms with E-state index in [0.29, 0.717) is 5.02 Å². The van der Waals surface area contributed by atoms with E-state index in [0.717, 1.165) is 67.8 Å². The van der Waals surface area contributed by atoms with Gasteiger partial charge in [-0.3, -0.25) is 0 Å². The van der Waals surface area contributed by atoms with E-state index < -0.39 is 0 Å². The van der Waals surface area contributed by atoms with Crippen molar-refractivity contribution in [1.29, 1.82) is 0 Å². The third-order valence-electron chi connectivity index (χ3n) is 16.3. The summed E-state index contributed by atoms with van der Waals surface area (Å²) in [5.74, 6) is 0. The predicted octanol–water partition coefficient (Wildman–Crippen LogP) is 17.6. The van der Waals surface area contributed by atoms with Gasteiger partial charge < -0.3 is 18.9 Å². The highest BCUT2D eigenvalue weighted by Crippen LogP contribution is 2.50. The molecule has 0 N–H and O–H groups in total. The Morgan fingerprint density at radius 3 is 1.17 bits per heavy atom. The van der Waals surface area contributed by atoms with Crippen LogP contribution in [0.5, 0.6) is 0 Å². The number of anilines is 6. The van der Waals surface area contributed by atoms with Crippen LogP contribution in [0.25, 0.3) is 88.4 Å². The van der Waals surface area contributed by atoms with Crippen molar-refractivity contribution < 1.29 is 0 Å². The Kier molecular flexibility index (Phi) is 10.1. The third kappa shape index (κ3) is 6.81. The molecule has 0 saturated heterocycles. The van der Waals surface area contributed by atoms with Crippen molar-refractivity contribution >= 4 is 112 Å². The number of rotatable bonds is 7. The molecule has 6 heteroatoms. The second-order valence-corrected chi connectivity index (χ2v) is 21.0. The van der Waals surface area contributed by atoms with Gasteiger partial charge in [-0.1, -0.05) is 200 Å². The van der Waals surface area contributed by atoms with Crippen LogP contribution in [0.15, 0.2) is 279 Å². The van der Waals surface area contributed by atoms with E-state index in [1.54, 1.807) is 0 Å². The van der Waals surface area contributed by atoms with Crippen LogP contribution >= 0.6 is 11.6 Å². The van der Waals surface area contributed by atoms with Gasteiger partial charge in [0, 0.05) is 71.9 Å². The lowest BCUT2D eigenvalue weighted by molar-refractivity contribution is 1.17. The van der Waals surface area contributed by atoms with Crippen molar-refractivity contribution in [2.45, 2.75) is 0 Å². The Bertz CT molecular complexity index is 4590. The zero-order valence-corrected chi connectivity index (χ0v) is 43.1. The van der Waals surface area contributed by atoms with Gasteiger partial charge in [0.1, 0.15) is 0 Å². The highest BCUT2D eigenvalue weighted by molar-refractivity contribution is 7.00. The van der Waals surface area contributed by atoms with Crippen molar-refractivity contribution in [3.05, 3.63) is 284 Å². The van der Waals surface area contributed by atoms with E-state index in [-0.39, 0.29) is 6.71 Å². The van der Waals surface area contributed by atoms with Crippen LogP contribution in [0.2, 0.25) is 5.02 Å². The number of nitrogens with zero attached hydrogens (tertiary/aromatic N) is 4. The molecular weight excluding hydrogens is 967 g/mol. The average molecular weight is 1010 g/mol. The molecule has 0 aliphatic carbocycles. The number of benzene rings is 12. The molecule has 364 valence electrons. The van der Waals surface area contributed by atoms with Crippen LogP contribution in [0, 0.1) is 0 Å². The number of halogens is 1. The van der Waals surface area contributed by atoms with E-state index in [1.807, 2.05) is 6.07 Å². The summed E-state index contributed by atoms with van der Waals surface area (Å²) in [6.45, 7) is -0.146. The van der Waals surface area contributed by atoms with Crippen molar-refractivity contribution in [3.63, 3.8) is 0 Å². The maximum Gasteiger partial charge on any atom is 0.252 e. The zero-order chi connectivity index (χ0) is 51.4. The normalized spacial score (nSPS) is 12.6. The molecule has 0 spiro atoms. The molecule has 0 bridgehead atoms. The number of para-hydroxylation sites is 4. The summed E-state index contributed by atoms with van der Waals surface area (Å²) in [5, 5.41) is 5.61. The van der Waals surface area contributed by atoms with Gasteiger partial charge in [0.05, 0.1) is 27.8 Å². The van der Waals surface area contributed by atoms with Gasteiger partial charge in [-0.05, 0) is 135 Å². The largest absolute Gasteiger partial charge is 0.311 e. The fraction of sp³-hybridized carbons (Fsp3) is 0. The van der Waals surface area contributed by atoms with Gasteiger partial charge in [0.25, 0.3) is 6.71 Å². The Labute approximate surface area is 457 Å². The molecule has 2 aliphatic heterocycles. The smallest absolute Gasteiger partial charge is 0.252 e. The van der Waals surface area contributed by atoms with Gasteiger partial charge in [-0.25, -0.2) is 0 Å². The lowest BCUT2D eigenvalue weighted by Crippen LogP contribution is -2.61. The molecule has 2 aliphatic rings. The molecular formula is C72H46BClN4. The fourth-order valence-electron chi connectivity index (χ4n) is 13.0. The van der Waals surface area contributed by atoms with Gasteiger partial charge in [0.15, 0.2) is 0 Å². The van der Waals surface area contributed by atoms with Gasteiger partial charge in [0.2, 0.25) is 0 Å². The molecule has 0 saturated carbocycles. The average Bonchev–Trinajstić information content (AvgIpc) is 3.72. The van der Waals surface area contributed by atoms with Gasteiger partial charge in [-0.15, -0.1) is 0 Å². The van der Waals surface area contributed by atoms with Gasteiger partial charge in [-0.2, -0.15) is 0 Å². The molecule has 0 fully saturated rings. The fourth-order valence-corrected chi connectivity index (χ4v) is 13.1. The Hall–Kier alpha value is -9.81. The van der Waals surface area contributed by atoms with E-state index in [9.17, 15) is 0 Å². The molecule has 4 nitrogen and oxygen atoms in total. The SMILES string of the molecule is Clc1ccc(N2c3cc(-n4c5ccccc5c5ccccc54)ccc3B3c4ccc(-n5c6ccccc6c6ccccc65)cc4N(c4ccc(-c5ccccc5)cc4)c4cc(-c5ccccc5)cc2c43)c(-c2ccccc2)c1. The maximum atomic E-state index is 7.07. The Morgan fingerprint density at radius 2 is 0.667 bits per heavy atom. The Balaban J connectivity index is 1.02. The van der Waals surface area contributed by atoms with E-state index in [4.69, 9.17) is 11.6 Å². The quantitative estimate of drug-likeness (QED) is 0.148. The molecule has 0 atom stereocenters. The van der Waals surface area contributed by atoms with Crippen molar-refractivity contribution in [3.8, 4) is 44.8 Å². The molecule has 0 amide bonds. The topological polar surface area (TPSA) is 16.3 Å². The van der Waals surface area contributed by atoms with Crippen molar-refractivity contribution in [1.82, 2.24) is 9.13 Å². The molecule has 2 aromatic heterocycles. The first kappa shape index (κ1) is 44.5. The first-order chi connectivity index (χ1) is 38.6. The molecule has 16 rings (SSSR count). The number of hydrogen-bond acceptors (Lipinski definition) is 2. The summed E-state index contributed by atoms with van der Waals surface area (Å²) in [6.07, 6.45) is 0. The summed E-state index contributed by atoms with van der Waals surface area (Å²) in [7, 11) is 0. The van der Waals surface area contributed by atoms with E-state index in [2.05, 4.69) is 292 Å². The summed E-state index contributed by atoms with van der Waals surface area (Å²) in [6, 6.07) is 102. The van der Waals surface area contributed by atoms with Crippen LogP contribution in [0.3, 0.4) is 0 Å². The van der Waals surface area contributed by atoms with Crippen LogP contribution in [-0.2, 0) is 0 Å². The lowest BCUT2D eigenvalue weighted by Gasteiger charge is -2.45. The molecule has 0 unspecified atom stereocenters. The highest BCUT2D eigenvalue weighted by atomic mass is 35.5.